The molecule has 0 spiro atoms. The molecule has 1 aromatic heterocycles. The smallest absolute Gasteiger partial charge is 0.111 e. The van der Waals surface area contributed by atoms with Crippen LogP contribution in [0, 0.1) is 0 Å². The summed E-state index contributed by atoms with van der Waals surface area (Å²) in [5, 5.41) is 0.750. The molecule has 17 heavy (non-hydrogen) atoms. The minimum atomic E-state index is 0.594. The van der Waals surface area contributed by atoms with Crippen LogP contribution in [0.15, 0.2) is 18.2 Å². The molecule has 2 nitrogen and oxygen atoms in total. The lowest BCUT2D eigenvalue weighted by Crippen LogP contribution is -2.06. The number of thioether (sulfide) groups is 1. The van der Waals surface area contributed by atoms with Crippen molar-refractivity contribution in [3.05, 3.63) is 29.0 Å². The predicted molar refractivity (Wildman–Crippen MR) is 77.5 cm³/mol. The first-order valence-corrected chi connectivity index (χ1v) is 7.76. The molecule has 2 rings (SSSR count). The van der Waals surface area contributed by atoms with E-state index in [1.807, 2.05) is 30.0 Å². The molecule has 0 N–H and O–H groups in total. The van der Waals surface area contributed by atoms with Gasteiger partial charge in [-0.25, -0.2) is 4.98 Å². The van der Waals surface area contributed by atoms with Gasteiger partial charge in [-0.15, -0.1) is 11.6 Å². The van der Waals surface area contributed by atoms with Crippen molar-refractivity contribution in [3.63, 3.8) is 0 Å². The van der Waals surface area contributed by atoms with Crippen molar-refractivity contribution >= 4 is 46.0 Å². The Morgan fingerprint density at radius 3 is 2.94 bits per heavy atom. The van der Waals surface area contributed by atoms with Crippen LogP contribution < -0.4 is 0 Å². The predicted octanol–water partition coefficient (Wildman–Crippen LogP) is 3.83. The van der Waals surface area contributed by atoms with E-state index in [9.17, 15) is 0 Å². The van der Waals surface area contributed by atoms with Crippen molar-refractivity contribution in [1.82, 2.24) is 9.55 Å². The van der Waals surface area contributed by atoms with Gasteiger partial charge < -0.3 is 4.57 Å². The summed E-state index contributed by atoms with van der Waals surface area (Å²) in [5.74, 6) is 2.70. The van der Waals surface area contributed by atoms with Crippen LogP contribution in [0.25, 0.3) is 11.0 Å². The average molecular weight is 289 g/mol. The highest BCUT2D eigenvalue weighted by molar-refractivity contribution is 7.98. The number of alkyl halides is 1. The number of rotatable bonds is 5. The fourth-order valence-corrected chi connectivity index (χ4v) is 2.55. The Labute approximate surface area is 115 Å². The Hall–Kier alpha value is -0.380. The third kappa shape index (κ3) is 2.90. The van der Waals surface area contributed by atoms with Crippen LogP contribution in [-0.4, -0.2) is 27.4 Å². The van der Waals surface area contributed by atoms with Crippen molar-refractivity contribution < 1.29 is 0 Å². The molecule has 0 saturated carbocycles. The van der Waals surface area contributed by atoms with Gasteiger partial charge in [0.1, 0.15) is 5.82 Å². The van der Waals surface area contributed by atoms with Crippen LogP contribution >= 0.6 is 35.0 Å². The van der Waals surface area contributed by atoms with Gasteiger partial charge in [-0.2, -0.15) is 11.8 Å². The highest BCUT2D eigenvalue weighted by Gasteiger charge is 2.10. The van der Waals surface area contributed by atoms with E-state index in [1.165, 1.54) is 0 Å². The lowest BCUT2D eigenvalue weighted by atomic mass is 10.3. The summed E-state index contributed by atoms with van der Waals surface area (Å²) in [6.07, 6.45) is 2.90. The molecule has 0 unspecified atom stereocenters. The second-order valence-electron chi connectivity index (χ2n) is 3.74. The monoisotopic (exact) mass is 288 g/mol. The van der Waals surface area contributed by atoms with E-state index in [4.69, 9.17) is 23.2 Å². The van der Waals surface area contributed by atoms with Gasteiger partial charge in [0, 0.05) is 29.6 Å². The molecule has 0 atom stereocenters. The quantitative estimate of drug-likeness (QED) is 0.778. The standard InChI is InChI=1S/C12H14Cl2N2S/c1-17-7-6-16-11-8-9(14)2-3-10(11)15-12(16)4-5-13/h2-3,8H,4-7H2,1H3. The molecular weight excluding hydrogens is 275 g/mol. The number of aryl methyl sites for hydroxylation is 2. The number of hydrogen-bond acceptors (Lipinski definition) is 2. The summed E-state index contributed by atoms with van der Waals surface area (Å²) in [7, 11) is 0. The highest BCUT2D eigenvalue weighted by atomic mass is 35.5. The fraction of sp³-hybridized carbons (Fsp3) is 0.417. The summed E-state index contributed by atoms with van der Waals surface area (Å²) < 4.78 is 2.22. The van der Waals surface area contributed by atoms with Crippen molar-refractivity contribution in [3.8, 4) is 0 Å². The molecule has 5 heteroatoms. The zero-order valence-electron chi connectivity index (χ0n) is 9.62. The summed E-state index contributed by atoms with van der Waals surface area (Å²) in [5.41, 5.74) is 2.10. The molecule has 1 aromatic carbocycles. The second-order valence-corrected chi connectivity index (χ2v) is 5.54. The lowest BCUT2D eigenvalue weighted by Gasteiger charge is -2.07. The second kappa shape index (κ2) is 5.98. The maximum absolute atomic E-state index is 6.04. The molecule has 0 fully saturated rings. The minimum absolute atomic E-state index is 0.594. The van der Waals surface area contributed by atoms with E-state index in [2.05, 4.69) is 15.8 Å². The number of imidazole rings is 1. The molecule has 0 aliphatic rings. The van der Waals surface area contributed by atoms with E-state index in [0.717, 1.165) is 40.6 Å². The van der Waals surface area contributed by atoms with Crippen LogP contribution in [0.2, 0.25) is 5.02 Å². The lowest BCUT2D eigenvalue weighted by molar-refractivity contribution is 0.734. The van der Waals surface area contributed by atoms with Crippen molar-refractivity contribution in [2.45, 2.75) is 13.0 Å². The Morgan fingerprint density at radius 1 is 1.41 bits per heavy atom. The number of hydrogen-bond donors (Lipinski definition) is 0. The highest BCUT2D eigenvalue weighted by Crippen LogP contribution is 2.21. The maximum Gasteiger partial charge on any atom is 0.111 e. The van der Waals surface area contributed by atoms with Gasteiger partial charge in [0.05, 0.1) is 11.0 Å². The molecule has 0 saturated heterocycles. The average Bonchev–Trinajstić information content (AvgIpc) is 2.64. The van der Waals surface area contributed by atoms with Crippen molar-refractivity contribution in [2.24, 2.45) is 0 Å². The van der Waals surface area contributed by atoms with E-state index in [1.54, 1.807) is 0 Å². The zero-order valence-corrected chi connectivity index (χ0v) is 11.9. The Bertz CT molecular complexity index is 510. The zero-order chi connectivity index (χ0) is 12.3. The fourth-order valence-electron chi connectivity index (χ4n) is 1.85. The van der Waals surface area contributed by atoms with Gasteiger partial charge >= 0.3 is 0 Å². The maximum atomic E-state index is 6.04. The third-order valence-corrected chi connectivity index (χ3v) is 3.64. The summed E-state index contributed by atoms with van der Waals surface area (Å²) in [6.45, 7) is 0.949. The van der Waals surface area contributed by atoms with Gasteiger partial charge in [0.25, 0.3) is 0 Å². The summed E-state index contributed by atoms with van der Waals surface area (Å²) in [4.78, 5) is 4.61. The first-order chi connectivity index (χ1) is 8.26. The third-order valence-electron chi connectivity index (χ3n) is 2.63. The van der Waals surface area contributed by atoms with E-state index in [0.29, 0.717) is 5.88 Å². The van der Waals surface area contributed by atoms with Gasteiger partial charge in [0.2, 0.25) is 0 Å². The normalized spacial score (nSPS) is 11.2. The van der Waals surface area contributed by atoms with Crippen LogP contribution in [0.3, 0.4) is 0 Å². The van der Waals surface area contributed by atoms with Crippen LogP contribution in [0.1, 0.15) is 5.82 Å². The van der Waals surface area contributed by atoms with Gasteiger partial charge in [-0.05, 0) is 24.5 Å². The topological polar surface area (TPSA) is 17.8 Å². The molecule has 2 aromatic rings. The SMILES string of the molecule is CSCCn1c(CCCl)nc2ccc(Cl)cc21. The van der Waals surface area contributed by atoms with Gasteiger partial charge in [0.15, 0.2) is 0 Å². The van der Waals surface area contributed by atoms with Gasteiger partial charge in [-0.3, -0.25) is 0 Å². The summed E-state index contributed by atoms with van der Waals surface area (Å²) in [6, 6.07) is 5.81. The van der Waals surface area contributed by atoms with E-state index in [-0.39, 0.29) is 0 Å². The van der Waals surface area contributed by atoms with E-state index < -0.39 is 0 Å². The molecule has 92 valence electrons. The van der Waals surface area contributed by atoms with Gasteiger partial charge in [-0.1, -0.05) is 11.6 Å². The molecule has 0 bridgehead atoms. The molecule has 1 heterocycles. The van der Waals surface area contributed by atoms with Crippen LogP contribution in [0.4, 0.5) is 0 Å². The summed E-state index contributed by atoms with van der Waals surface area (Å²) >= 11 is 13.7. The number of benzene rings is 1. The van der Waals surface area contributed by atoms with Crippen molar-refractivity contribution in [1.29, 1.82) is 0 Å². The number of fused-ring (bicyclic) bond motifs is 1. The molecular formula is C12H14Cl2N2S. The van der Waals surface area contributed by atoms with Crippen LogP contribution in [0.5, 0.6) is 0 Å². The number of halogens is 2. The molecule has 0 aliphatic heterocycles. The number of nitrogens with zero attached hydrogens (tertiary/aromatic N) is 2. The molecule has 0 amide bonds. The Balaban J connectivity index is 2.47. The molecule has 0 aliphatic carbocycles. The first kappa shape index (κ1) is 13.1. The first-order valence-electron chi connectivity index (χ1n) is 5.46. The minimum Gasteiger partial charge on any atom is -0.327 e. The Kier molecular flexibility index (Phi) is 4.60. The van der Waals surface area contributed by atoms with Crippen LogP contribution in [-0.2, 0) is 13.0 Å². The molecule has 0 radical (unpaired) electrons. The Morgan fingerprint density at radius 2 is 2.24 bits per heavy atom. The van der Waals surface area contributed by atoms with E-state index >= 15 is 0 Å². The number of aromatic nitrogens is 2. The largest absolute Gasteiger partial charge is 0.327 e. The van der Waals surface area contributed by atoms with Crippen molar-refractivity contribution in [2.75, 3.05) is 17.9 Å².